The second-order valence-corrected chi connectivity index (χ2v) is 6.95. The average molecular weight is 332 g/mol. The van der Waals surface area contributed by atoms with Gasteiger partial charge in [-0.25, -0.2) is 0 Å². The molecule has 0 unspecified atom stereocenters. The number of anilines is 1. The molecule has 0 aliphatic carbocycles. The van der Waals surface area contributed by atoms with Crippen molar-refractivity contribution >= 4 is 23.2 Å². The summed E-state index contributed by atoms with van der Waals surface area (Å²) in [6, 6.07) is 13.1. The van der Waals surface area contributed by atoms with Crippen molar-refractivity contribution in [3.8, 4) is 5.75 Å². The van der Waals surface area contributed by atoms with Gasteiger partial charge >= 0.3 is 0 Å². The number of amides is 1. The summed E-state index contributed by atoms with van der Waals surface area (Å²) in [6.07, 6.45) is 0.307. The summed E-state index contributed by atoms with van der Waals surface area (Å²) in [7, 11) is 0. The molecule has 0 spiro atoms. The highest BCUT2D eigenvalue weighted by molar-refractivity contribution is 6.31. The van der Waals surface area contributed by atoms with Crippen LogP contribution in [0.2, 0.25) is 5.02 Å². The average Bonchev–Trinajstić information content (AvgIpc) is 2.43. The van der Waals surface area contributed by atoms with Crippen LogP contribution in [0.3, 0.4) is 0 Å². The van der Waals surface area contributed by atoms with E-state index in [0.29, 0.717) is 17.1 Å². The van der Waals surface area contributed by atoms with Gasteiger partial charge in [0.15, 0.2) is 0 Å². The van der Waals surface area contributed by atoms with Gasteiger partial charge in [-0.15, -0.1) is 0 Å². The molecule has 0 saturated heterocycles. The maximum atomic E-state index is 12.1. The molecule has 2 rings (SSSR count). The Morgan fingerprint density at radius 2 is 1.78 bits per heavy atom. The largest absolute Gasteiger partial charge is 0.488 e. The molecule has 122 valence electrons. The molecule has 0 aliphatic rings. The molecule has 0 fully saturated rings. The predicted molar refractivity (Wildman–Crippen MR) is 95.3 cm³/mol. The number of halogens is 1. The molecule has 0 aliphatic heterocycles. The van der Waals surface area contributed by atoms with Crippen molar-refractivity contribution in [2.45, 2.75) is 39.7 Å². The van der Waals surface area contributed by atoms with Crippen LogP contribution >= 0.6 is 11.6 Å². The normalized spacial score (nSPS) is 11.2. The van der Waals surface area contributed by atoms with Gasteiger partial charge in [0.2, 0.25) is 5.91 Å². The van der Waals surface area contributed by atoms with Crippen LogP contribution < -0.4 is 10.1 Å². The maximum Gasteiger partial charge on any atom is 0.228 e. The molecule has 0 radical (unpaired) electrons. The fourth-order valence-electron chi connectivity index (χ4n) is 2.09. The van der Waals surface area contributed by atoms with Crippen molar-refractivity contribution in [1.82, 2.24) is 0 Å². The molecule has 2 aromatic rings. The standard InChI is InChI=1S/C19H22ClNO2/c1-13-5-8-15(12-17(13)20)21-18(22)11-14-6-9-16(10-7-14)23-19(2,3)4/h5-10,12H,11H2,1-4H3,(H,21,22). The molecule has 0 atom stereocenters. The van der Waals surface area contributed by atoms with Gasteiger partial charge in [0, 0.05) is 10.7 Å². The van der Waals surface area contributed by atoms with Gasteiger partial charge in [-0.3, -0.25) is 4.79 Å². The van der Waals surface area contributed by atoms with Crippen molar-refractivity contribution < 1.29 is 9.53 Å². The lowest BCUT2D eigenvalue weighted by atomic mass is 10.1. The lowest BCUT2D eigenvalue weighted by Crippen LogP contribution is -2.22. The first-order chi connectivity index (χ1) is 10.7. The zero-order valence-electron chi connectivity index (χ0n) is 13.9. The van der Waals surface area contributed by atoms with Crippen molar-refractivity contribution in [3.63, 3.8) is 0 Å². The zero-order valence-corrected chi connectivity index (χ0v) is 14.7. The SMILES string of the molecule is Cc1ccc(NC(=O)Cc2ccc(OC(C)(C)C)cc2)cc1Cl. The molecule has 0 aromatic heterocycles. The molecule has 0 saturated carbocycles. The third-order valence-corrected chi connectivity index (χ3v) is 3.57. The summed E-state index contributed by atoms with van der Waals surface area (Å²) in [6.45, 7) is 7.93. The number of benzene rings is 2. The van der Waals surface area contributed by atoms with Crippen molar-refractivity contribution in [1.29, 1.82) is 0 Å². The molecular formula is C19H22ClNO2. The highest BCUT2D eigenvalue weighted by atomic mass is 35.5. The number of carbonyl (C=O) groups excluding carboxylic acids is 1. The quantitative estimate of drug-likeness (QED) is 0.855. The molecule has 4 heteroatoms. The number of rotatable bonds is 4. The van der Waals surface area contributed by atoms with Crippen LogP contribution in [0, 0.1) is 6.92 Å². The van der Waals surface area contributed by atoms with E-state index in [9.17, 15) is 4.79 Å². The summed E-state index contributed by atoms with van der Waals surface area (Å²) in [5, 5.41) is 3.50. The molecule has 3 nitrogen and oxygen atoms in total. The molecule has 1 N–H and O–H groups in total. The van der Waals surface area contributed by atoms with E-state index >= 15 is 0 Å². The Kier molecular flexibility index (Phi) is 5.32. The summed E-state index contributed by atoms with van der Waals surface area (Å²) >= 11 is 6.06. The van der Waals surface area contributed by atoms with Gasteiger partial charge in [0.1, 0.15) is 11.4 Å². The number of ether oxygens (including phenoxy) is 1. The number of carbonyl (C=O) groups is 1. The van der Waals surface area contributed by atoms with Crippen LogP contribution in [-0.2, 0) is 11.2 Å². The van der Waals surface area contributed by atoms with Gasteiger partial charge in [-0.1, -0.05) is 29.8 Å². The molecule has 23 heavy (non-hydrogen) atoms. The molecule has 0 bridgehead atoms. The van der Waals surface area contributed by atoms with E-state index in [2.05, 4.69) is 5.32 Å². The summed E-state index contributed by atoms with van der Waals surface area (Å²) in [5.41, 5.74) is 2.39. The van der Waals surface area contributed by atoms with Crippen molar-refractivity contribution in [2.24, 2.45) is 0 Å². The Labute approximate surface area is 142 Å². The Balaban J connectivity index is 1.96. The van der Waals surface area contributed by atoms with E-state index in [-0.39, 0.29) is 11.5 Å². The van der Waals surface area contributed by atoms with Crippen LogP contribution in [-0.4, -0.2) is 11.5 Å². The lowest BCUT2D eigenvalue weighted by molar-refractivity contribution is -0.115. The first-order valence-corrected chi connectivity index (χ1v) is 7.95. The summed E-state index contributed by atoms with van der Waals surface area (Å²) in [5.74, 6) is 0.724. The van der Waals surface area contributed by atoms with Crippen molar-refractivity contribution in [2.75, 3.05) is 5.32 Å². The highest BCUT2D eigenvalue weighted by Crippen LogP contribution is 2.21. The van der Waals surface area contributed by atoms with Gasteiger partial charge < -0.3 is 10.1 Å². The third kappa shape index (κ3) is 5.61. The van der Waals surface area contributed by atoms with E-state index in [0.717, 1.165) is 16.9 Å². The topological polar surface area (TPSA) is 38.3 Å². The van der Waals surface area contributed by atoms with Gasteiger partial charge in [-0.2, -0.15) is 0 Å². The predicted octanol–water partition coefficient (Wildman–Crippen LogP) is 5.01. The smallest absolute Gasteiger partial charge is 0.228 e. The van der Waals surface area contributed by atoms with E-state index in [4.69, 9.17) is 16.3 Å². The first kappa shape index (κ1) is 17.4. The first-order valence-electron chi connectivity index (χ1n) is 7.57. The maximum absolute atomic E-state index is 12.1. The van der Waals surface area contributed by atoms with Crippen LogP contribution in [0.25, 0.3) is 0 Å². The second-order valence-electron chi connectivity index (χ2n) is 6.55. The molecule has 0 heterocycles. The fourth-order valence-corrected chi connectivity index (χ4v) is 2.27. The zero-order chi connectivity index (χ0) is 17.0. The van der Waals surface area contributed by atoms with Crippen LogP contribution in [0.15, 0.2) is 42.5 Å². The number of hydrogen-bond acceptors (Lipinski definition) is 2. The number of hydrogen-bond donors (Lipinski definition) is 1. The Hall–Kier alpha value is -2.00. The molecule has 2 aromatic carbocycles. The molecule has 1 amide bonds. The molecular weight excluding hydrogens is 310 g/mol. The van der Waals surface area contributed by atoms with Crippen LogP contribution in [0.1, 0.15) is 31.9 Å². The Morgan fingerprint density at radius 3 is 2.35 bits per heavy atom. The minimum absolute atomic E-state index is 0.0746. The van der Waals surface area contributed by atoms with E-state index in [1.54, 1.807) is 6.07 Å². The monoisotopic (exact) mass is 331 g/mol. The van der Waals surface area contributed by atoms with E-state index in [1.807, 2.05) is 64.1 Å². The van der Waals surface area contributed by atoms with E-state index < -0.39 is 0 Å². The number of aryl methyl sites for hydroxylation is 1. The number of nitrogens with one attached hydrogen (secondary N) is 1. The van der Waals surface area contributed by atoms with Crippen molar-refractivity contribution in [3.05, 3.63) is 58.6 Å². The Morgan fingerprint density at radius 1 is 1.13 bits per heavy atom. The summed E-state index contributed by atoms with van der Waals surface area (Å²) < 4.78 is 5.77. The van der Waals surface area contributed by atoms with Gasteiger partial charge in [-0.05, 0) is 63.1 Å². The van der Waals surface area contributed by atoms with Crippen LogP contribution in [0.5, 0.6) is 5.75 Å². The van der Waals surface area contributed by atoms with Crippen LogP contribution in [0.4, 0.5) is 5.69 Å². The minimum Gasteiger partial charge on any atom is -0.488 e. The third-order valence-electron chi connectivity index (χ3n) is 3.17. The van der Waals surface area contributed by atoms with Gasteiger partial charge in [0.05, 0.1) is 6.42 Å². The minimum atomic E-state index is -0.233. The lowest BCUT2D eigenvalue weighted by Gasteiger charge is -2.21. The fraction of sp³-hybridized carbons (Fsp3) is 0.316. The second kappa shape index (κ2) is 7.05. The summed E-state index contributed by atoms with van der Waals surface area (Å²) in [4.78, 5) is 12.1. The van der Waals surface area contributed by atoms with E-state index in [1.165, 1.54) is 0 Å². The Bertz CT molecular complexity index is 688. The van der Waals surface area contributed by atoms with Gasteiger partial charge in [0.25, 0.3) is 0 Å². The highest BCUT2D eigenvalue weighted by Gasteiger charge is 2.12.